The molecule has 2 rings (SSSR count). The molecule has 0 saturated heterocycles. The van der Waals surface area contributed by atoms with E-state index >= 15 is 0 Å². The number of para-hydroxylation sites is 1. The van der Waals surface area contributed by atoms with Gasteiger partial charge in [-0.2, -0.15) is 0 Å². The van der Waals surface area contributed by atoms with Crippen LogP contribution in [0.15, 0.2) is 52.8 Å². The molecular formula is C14H14N2O2S. The Morgan fingerprint density at radius 2 is 2.21 bits per heavy atom. The summed E-state index contributed by atoms with van der Waals surface area (Å²) in [4.78, 5) is 26.7. The highest BCUT2D eigenvalue weighted by molar-refractivity contribution is 8.04. The molecule has 0 aromatic heterocycles. The molecule has 1 aromatic carbocycles. The van der Waals surface area contributed by atoms with Crippen LogP contribution in [-0.4, -0.2) is 25.4 Å². The van der Waals surface area contributed by atoms with Crippen LogP contribution in [-0.2, 0) is 9.59 Å². The molecule has 5 heteroatoms. The van der Waals surface area contributed by atoms with E-state index in [1.165, 1.54) is 17.8 Å². The van der Waals surface area contributed by atoms with Gasteiger partial charge in [0.15, 0.2) is 0 Å². The third-order valence-electron chi connectivity index (χ3n) is 2.64. The number of nitrogens with one attached hydrogen (secondary N) is 1. The van der Waals surface area contributed by atoms with Crippen LogP contribution in [0.4, 0.5) is 5.69 Å². The maximum atomic E-state index is 12.1. The molecule has 4 nitrogen and oxygen atoms in total. The third-order valence-corrected chi connectivity index (χ3v) is 3.72. The first-order valence-electron chi connectivity index (χ1n) is 5.79. The summed E-state index contributed by atoms with van der Waals surface area (Å²) in [7, 11) is 1.70. The van der Waals surface area contributed by atoms with Crippen LogP contribution in [0.1, 0.15) is 0 Å². The van der Waals surface area contributed by atoms with E-state index in [-0.39, 0.29) is 11.8 Å². The van der Waals surface area contributed by atoms with Crippen molar-refractivity contribution < 1.29 is 9.59 Å². The van der Waals surface area contributed by atoms with Gasteiger partial charge in [0, 0.05) is 24.6 Å². The van der Waals surface area contributed by atoms with Crippen molar-refractivity contribution in [2.75, 3.05) is 18.5 Å². The lowest BCUT2D eigenvalue weighted by molar-refractivity contribution is -0.117. The van der Waals surface area contributed by atoms with Gasteiger partial charge in [-0.15, -0.1) is 6.58 Å². The van der Waals surface area contributed by atoms with Crippen LogP contribution in [0.2, 0.25) is 0 Å². The number of hydrogen-bond donors (Lipinski definition) is 1. The Morgan fingerprint density at radius 3 is 2.95 bits per heavy atom. The first kappa shape index (κ1) is 13.4. The minimum absolute atomic E-state index is 0.169. The van der Waals surface area contributed by atoms with Gasteiger partial charge in [0.2, 0.25) is 5.91 Å². The normalized spacial score (nSPS) is 16.2. The van der Waals surface area contributed by atoms with Crippen molar-refractivity contribution in [1.82, 2.24) is 5.32 Å². The summed E-state index contributed by atoms with van der Waals surface area (Å²) in [5, 5.41) is 2.62. The minimum atomic E-state index is -0.288. The van der Waals surface area contributed by atoms with E-state index in [9.17, 15) is 9.59 Å². The van der Waals surface area contributed by atoms with Crippen LogP contribution in [0.3, 0.4) is 0 Å². The number of hydrogen-bond acceptors (Lipinski definition) is 3. The minimum Gasteiger partial charge on any atom is -0.349 e. The van der Waals surface area contributed by atoms with Gasteiger partial charge in [-0.3, -0.25) is 9.59 Å². The second-order valence-corrected chi connectivity index (χ2v) is 5.06. The van der Waals surface area contributed by atoms with Crippen LogP contribution in [0.25, 0.3) is 0 Å². The number of rotatable bonds is 3. The SMILES string of the molecule is C=CCNC(=O)/C=C1/Sc2ccccc2N(C)C1=O. The number of carbonyl (C=O) groups is 2. The molecular weight excluding hydrogens is 260 g/mol. The van der Waals surface area contributed by atoms with Crippen LogP contribution >= 0.6 is 11.8 Å². The van der Waals surface area contributed by atoms with Crippen LogP contribution < -0.4 is 10.2 Å². The summed E-state index contributed by atoms with van der Waals surface area (Å²) in [5.74, 6) is -0.457. The van der Waals surface area contributed by atoms with Crippen molar-refractivity contribution in [2.45, 2.75) is 4.90 Å². The molecule has 0 aliphatic carbocycles. The van der Waals surface area contributed by atoms with E-state index in [0.29, 0.717) is 11.4 Å². The van der Waals surface area contributed by atoms with E-state index in [1.807, 2.05) is 24.3 Å². The first-order chi connectivity index (χ1) is 9.13. The fourth-order valence-electron chi connectivity index (χ4n) is 1.69. The maximum absolute atomic E-state index is 12.1. The van der Waals surface area contributed by atoms with E-state index in [2.05, 4.69) is 11.9 Å². The van der Waals surface area contributed by atoms with Crippen molar-refractivity contribution in [1.29, 1.82) is 0 Å². The fourth-order valence-corrected chi connectivity index (χ4v) is 2.77. The number of likely N-dealkylation sites (N-methyl/N-ethyl adjacent to an activating group) is 1. The van der Waals surface area contributed by atoms with Crippen molar-refractivity contribution in [2.24, 2.45) is 0 Å². The van der Waals surface area contributed by atoms with E-state index in [4.69, 9.17) is 0 Å². The Bertz CT molecular complexity index is 566. The van der Waals surface area contributed by atoms with Crippen molar-refractivity contribution in [3.63, 3.8) is 0 Å². The monoisotopic (exact) mass is 274 g/mol. The van der Waals surface area contributed by atoms with Crippen molar-refractivity contribution in [3.05, 3.63) is 47.9 Å². The Labute approximate surface area is 116 Å². The predicted octanol–water partition coefficient (Wildman–Crippen LogP) is 1.94. The lowest BCUT2D eigenvalue weighted by Crippen LogP contribution is -2.31. The Balaban J connectivity index is 2.25. The van der Waals surface area contributed by atoms with Gasteiger partial charge >= 0.3 is 0 Å². The highest BCUT2D eigenvalue weighted by atomic mass is 32.2. The van der Waals surface area contributed by atoms with E-state index in [0.717, 1.165) is 10.6 Å². The molecule has 0 saturated carbocycles. The average Bonchev–Trinajstić information content (AvgIpc) is 2.42. The number of thioether (sulfide) groups is 1. The quantitative estimate of drug-likeness (QED) is 0.677. The maximum Gasteiger partial charge on any atom is 0.265 e. The zero-order valence-corrected chi connectivity index (χ0v) is 11.4. The van der Waals surface area contributed by atoms with Gasteiger partial charge in [0.25, 0.3) is 5.91 Å². The number of nitrogens with zero attached hydrogens (tertiary/aromatic N) is 1. The zero-order valence-electron chi connectivity index (χ0n) is 10.6. The fraction of sp³-hybridized carbons (Fsp3) is 0.143. The highest BCUT2D eigenvalue weighted by Crippen LogP contribution is 2.40. The largest absolute Gasteiger partial charge is 0.349 e. The summed E-state index contributed by atoms with van der Waals surface area (Å²) >= 11 is 1.31. The van der Waals surface area contributed by atoms with Gasteiger partial charge in [-0.1, -0.05) is 30.0 Å². The number of carbonyl (C=O) groups excluding carboxylic acids is 2. The molecule has 0 atom stereocenters. The standard InChI is InChI=1S/C14H14N2O2S/c1-3-8-15-13(17)9-12-14(18)16(2)10-6-4-5-7-11(10)19-12/h3-7,9H,1,8H2,2H3,(H,15,17)/b12-9+. The second-order valence-electron chi connectivity index (χ2n) is 3.98. The molecule has 1 aliphatic heterocycles. The summed E-state index contributed by atoms with van der Waals surface area (Å²) < 4.78 is 0. The smallest absolute Gasteiger partial charge is 0.265 e. The Hall–Kier alpha value is -2.01. The van der Waals surface area contributed by atoms with Gasteiger partial charge in [0.05, 0.1) is 10.6 Å². The van der Waals surface area contributed by atoms with E-state index in [1.54, 1.807) is 18.0 Å². The van der Waals surface area contributed by atoms with Crippen LogP contribution in [0.5, 0.6) is 0 Å². The molecule has 0 fully saturated rings. The number of anilines is 1. The van der Waals surface area contributed by atoms with Gasteiger partial charge in [-0.05, 0) is 12.1 Å². The molecule has 1 heterocycles. The van der Waals surface area contributed by atoms with Gasteiger partial charge < -0.3 is 10.2 Å². The molecule has 1 aromatic rings. The number of amides is 2. The topological polar surface area (TPSA) is 49.4 Å². The molecule has 2 amide bonds. The average molecular weight is 274 g/mol. The number of benzene rings is 1. The predicted molar refractivity (Wildman–Crippen MR) is 77.0 cm³/mol. The first-order valence-corrected chi connectivity index (χ1v) is 6.60. The summed E-state index contributed by atoms with van der Waals surface area (Å²) in [5.41, 5.74) is 0.862. The second kappa shape index (κ2) is 5.75. The molecule has 19 heavy (non-hydrogen) atoms. The zero-order chi connectivity index (χ0) is 13.8. The molecule has 0 radical (unpaired) electrons. The van der Waals surface area contributed by atoms with Crippen LogP contribution in [0, 0.1) is 0 Å². The molecule has 0 bridgehead atoms. The third kappa shape index (κ3) is 2.88. The molecule has 1 N–H and O–H groups in total. The highest BCUT2D eigenvalue weighted by Gasteiger charge is 2.26. The summed E-state index contributed by atoms with van der Waals surface area (Å²) in [6.45, 7) is 3.90. The number of fused-ring (bicyclic) bond motifs is 1. The Morgan fingerprint density at radius 1 is 1.47 bits per heavy atom. The Kier molecular flexibility index (Phi) is 4.06. The van der Waals surface area contributed by atoms with Crippen molar-refractivity contribution in [3.8, 4) is 0 Å². The van der Waals surface area contributed by atoms with Gasteiger partial charge in [0.1, 0.15) is 0 Å². The molecule has 1 aliphatic rings. The van der Waals surface area contributed by atoms with E-state index < -0.39 is 0 Å². The lowest BCUT2D eigenvalue weighted by atomic mass is 10.2. The molecule has 0 spiro atoms. The summed E-state index contributed by atoms with van der Waals surface area (Å²) in [6.07, 6.45) is 2.93. The molecule has 98 valence electrons. The molecule has 0 unspecified atom stereocenters. The van der Waals surface area contributed by atoms with Gasteiger partial charge in [-0.25, -0.2) is 0 Å². The lowest BCUT2D eigenvalue weighted by Gasteiger charge is -2.26. The summed E-state index contributed by atoms with van der Waals surface area (Å²) in [6, 6.07) is 7.60. The van der Waals surface area contributed by atoms with Crippen molar-refractivity contribution >= 4 is 29.3 Å².